The molecule has 1 heterocycles. The Morgan fingerprint density at radius 2 is 0.837 bits per heavy atom. The lowest BCUT2D eigenvalue weighted by atomic mass is 10.0. The molecule has 4 aromatic rings. The average Bonchev–Trinajstić information content (AvgIpc) is 3.33. The molecule has 0 saturated carbocycles. The van der Waals surface area contributed by atoms with Crippen molar-refractivity contribution in [2.45, 2.75) is 38.3 Å². The molecule has 5 rings (SSSR count). The van der Waals surface area contributed by atoms with E-state index >= 15 is 0 Å². The fraction of sp³-hybridized carbons (Fsp3) is 0.250. The minimum absolute atomic E-state index is 0.00295. The van der Waals surface area contributed by atoms with Crippen molar-refractivity contribution >= 4 is 21.2 Å². The van der Waals surface area contributed by atoms with Gasteiger partial charge in [-0.1, -0.05) is 84.9 Å². The first-order chi connectivity index (χ1) is 20.7. The van der Waals surface area contributed by atoms with Crippen LogP contribution in [-0.2, 0) is 36.0 Å². The second kappa shape index (κ2) is 13.2. The van der Waals surface area contributed by atoms with Gasteiger partial charge in [-0.05, 0) is 22.3 Å². The Morgan fingerprint density at radius 1 is 0.535 bits per heavy atom. The summed E-state index contributed by atoms with van der Waals surface area (Å²) in [4.78, 5) is 25.9. The van der Waals surface area contributed by atoms with E-state index in [2.05, 4.69) is 9.80 Å². The summed E-state index contributed by atoms with van der Waals surface area (Å²) < 4.78 is 26.6. The summed E-state index contributed by atoms with van der Waals surface area (Å²) in [6, 6.07) is 31.6. The summed E-state index contributed by atoms with van der Waals surface area (Å²) in [5, 5.41) is 22.4. The molecule has 0 radical (unpaired) electrons. The SMILES string of the molecule is O=[N+]([O-])c1ccc(CN(Cc2ccccc2)[C@@H]2CS(=O)(=O)C[C@@H]2N(Cc2ccccc2)Cc2ccc([N+](=O)[O-])cc2)cc1. The highest BCUT2D eigenvalue weighted by molar-refractivity contribution is 7.91. The molecule has 0 spiro atoms. The quantitative estimate of drug-likeness (QED) is 0.157. The first-order valence-corrected chi connectivity index (χ1v) is 15.7. The summed E-state index contributed by atoms with van der Waals surface area (Å²) in [6.45, 7) is 1.79. The van der Waals surface area contributed by atoms with Gasteiger partial charge in [0.2, 0.25) is 0 Å². The third kappa shape index (κ3) is 7.89. The Bertz CT molecular complexity index is 1530. The standard InChI is InChI=1S/C32H32N4O6S/c37-35(38)29-15-11-27(12-16-29)21-33(19-25-7-3-1-4-8-25)31-23-43(41,42)24-32(31)34(20-26-9-5-2-6-10-26)22-28-13-17-30(18-14-28)36(39)40/h1-18,31-32H,19-24H2/t31-,32+. The molecule has 2 atom stereocenters. The van der Waals surface area contributed by atoms with Gasteiger partial charge < -0.3 is 0 Å². The van der Waals surface area contributed by atoms with Crippen molar-refractivity contribution in [3.8, 4) is 0 Å². The topological polar surface area (TPSA) is 127 Å². The highest BCUT2D eigenvalue weighted by Crippen LogP contribution is 2.29. The van der Waals surface area contributed by atoms with Crippen LogP contribution in [0, 0.1) is 20.2 Å². The number of hydrogen-bond acceptors (Lipinski definition) is 8. The van der Waals surface area contributed by atoms with E-state index in [9.17, 15) is 28.6 Å². The fourth-order valence-electron chi connectivity index (χ4n) is 5.64. The Morgan fingerprint density at radius 3 is 1.14 bits per heavy atom. The van der Waals surface area contributed by atoms with Gasteiger partial charge in [0.1, 0.15) is 0 Å². The van der Waals surface area contributed by atoms with E-state index in [-0.39, 0.29) is 35.0 Å². The Labute approximate surface area is 250 Å². The van der Waals surface area contributed by atoms with Gasteiger partial charge in [0.15, 0.2) is 9.84 Å². The number of non-ortho nitro benzene ring substituents is 2. The van der Waals surface area contributed by atoms with E-state index in [0.29, 0.717) is 26.2 Å². The minimum Gasteiger partial charge on any atom is -0.289 e. The van der Waals surface area contributed by atoms with Crippen LogP contribution in [-0.4, -0.2) is 51.7 Å². The predicted octanol–water partition coefficient (Wildman–Crippen LogP) is 5.37. The third-order valence-electron chi connectivity index (χ3n) is 7.75. The van der Waals surface area contributed by atoms with Gasteiger partial charge in [0.05, 0.1) is 21.4 Å². The van der Waals surface area contributed by atoms with Crippen LogP contribution in [0.1, 0.15) is 22.3 Å². The van der Waals surface area contributed by atoms with E-state index in [4.69, 9.17) is 0 Å². The van der Waals surface area contributed by atoms with Gasteiger partial charge in [0, 0.05) is 62.5 Å². The smallest absolute Gasteiger partial charge is 0.269 e. The molecule has 43 heavy (non-hydrogen) atoms. The maximum atomic E-state index is 13.3. The van der Waals surface area contributed by atoms with Crippen molar-refractivity contribution in [3.05, 3.63) is 152 Å². The predicted molar refractivity (Wildman–Crippen MR) is 164 cm³/mol. The van der Waals surface area contributed by atoms with E-state index in [1.54, 1.807) is 24.3 Å². The summed E-state index contributed by atoms with van der Waals surface area (Å²) in [7, 11) is -3.40. The van der Waals surface area contributed by atoms with Crippen molar-refractivity contribution in [1.29, 1.82) is 0 Å². The Kier molecular flexibility index (Phi) is 9.24. The second-order valence-electron chi connectivity index (χ2n) is 10.8. The third-order valence-corrected chi connectivity index (χ3v) is 9.45. The molecular weight excluding hydrogens is 568 g/mol. The highest BCUT2D eigenvalue weighted by atomic mass is 32.2. The molecule has 0 N–H and O–H groups in total. The lowest BCUT2D eigenvalue weighted by Gasteiger charge is -2.38. The number of benzene rings is 4. The van der Waals surface area contributed by atoms with Crippen molar-refractivity contribution in [1.82, 2.24) is 9.80 Å². The first-order valence-electron chi connectivity index (χ1n) is 13.9. The summed E-state index contributed by atoms with van der Waals surface area (Å²) >= 11 is 0. The fourth-order valence-corrected chi connectivity index (χ4v) is 7.68. The molecule has 1 saturated heterocycles. The van der Waals surface area contributed by atoms with Gasteiger partial charge in [-0.15, -0.1) is 0 Å². The van der Waals surface area contributed by atoms with Crippen LogP contribution >= 0.6 is 0 Å². The zero-order valence-electron chi connectivity index (χ0n) is 23.4. The van der Waals surface area contributed by atoms with Gasteiger partial charge in [-0.3, -0.25) is 30.0 Å². The molecule has 0 amide bonds. The van der Waals surface area contributed by atoms with Crippen molar-refractivity contribution < 1.29 is 18.3 Å². The van der Waals surface area contributed by atoms with Crippen LogP contribution in [0.2, 0.25) is 0 Å². The molecule has 1 aliphatic heterocycles. The number of sulfone groups is 1. The molecule has 222 valence electrons. The van der Waals surface area contributed by atoms with Crippen molar-refractivity contribution in [2.75, 3.05) is 11.5 Å². The normalized spacial score (nSPS) is 17.7. The Balaban J connectivity index is 1.50. The number of nitrogens with zero attached hydrogens (tertiary/aromatic N) is 4. The van der Waals surface area contributed by atoms with Crippen LogP contribution in [0.3, 0.4) is 0 Å². The maximum Gasteiger partial charge on any atom is 0.269 e. The van der Waals surface area contributed by atoms with Crippen LogP contribution in [0.5, 0.6) is 0 Å². The number of rotatable bonds is 12. The molecule has 1 aliphatic rings. The summed E-state index contributed by atoms with van der Waals surface area (Å²) in [5.41, 5.74) is 3.73. The van der Waals surface area contributed by atoms with Crippen LogP contribution < -0.4 is 0 Å². The van der Waals surface area contributed by atoms with E-state index in [0.717, 1.165) is 22.3 Å². The van der Waals surface area contributed by atoms with E-state index in [1.165, 1.54) is 24.3 Å². The summed E-state index contributed by atoms with van der Waals surface area (Å²) in [5.74, 6) is -0.0495. The lowest BCUT2D eigenvalue weighted by molar-refractivity contribution is -0.385. The molecule has 0 aliphatic carbocycles. The van der Waals surface area contributed by atoms with E-state index < -0.39 is 19.7 Å². The van der Waals surface area contributed by atoms with Crippen molar-refractivity contribution in [3.63, 3.8) is 0 Å². The van der Waals surface area contributed by atoms with Crippen LogP contribution in [0.4, 0.5) is 11.4 Å². The zero-order chi connectivity index (χ0) is 30.4. The van der Waals surface area contributed by atoms with Crippen LogP contribution in [0.15, 0.2) is 109 Å². The van der Waals surface area contributed by atoms with Crippen molar-refractivity contribution in [2.24, 2.45) is 0 Å². The minimum atomic E-state index is -3.40. The van der Waals surface area contributed by atoms with Gasteiger partial charge in [-0.2, -0.15) is 0 Å². The molecule has 4 aromatic carbocycles. The second-order valence-corrected chi connectivity index (χ2v) is 13.0. The van der Waals surface area contributed by atoms with Gasteiger partial charge in [0.25, 0.3) is 11.4 Å². The number of nitro groups is 2. The highest BCUT2D eigenvalue weighted by Gasteiger charge is 2.44. The molecule has 0 unspecified atom stereocenters. The molecular formula is C32H32N4O6S. The first kappa shape index (κ1) is 30.0. The zero-order valence-corrected chi connectivity index (χ0v) is 24.3. The number of hydrogen-bond donors (Lipinski definition) is 0. The molecule has 0 bridgehead atoms. The van der Waals surface area contributed by atoms with E-state index in [1.807, 2.05) is 60.7 Å². The number of nitro benzene ring substituents is 2. The molecule has 0 aromatic heterocycles. The average molecular weight is 601 g/mol. The van der Waals surface area contributed by atoms with Gasteiger partial charge in [-0.25, -0.2) is 8.42 Å². The molecule has 1 fully saturated rings. The monoisotopic (exact) mass is 600 g/mol. The molecule has 11 heteroatoms. The van der Waals surface area contributed by atoms with Crippen LogP contribution in [0.25, 0.3) is 0 Å². The summed E-state index contributed by atoms with van der Waals surface area (Å²) in [6.07, 6.45) is 0. The van der Waals surface area contributed by atoms with Gasteiger partial charge >= 0.3 is 0 Å². The Hall–Kier alpha value is -4.45. The largest absolute Gasteiger partial charge is 0.289 e. The molecule has 10 nitrogen and oxygen atoms in total. The lowest BCUT2D eigenvalue weighted by Crippen LogP contribution is -2.50. The maximum absolute atomic E-state index is 13.3.